The normalized spacial score (nSPS) is 48.8. The van der Waals surface area contributed by atoms with E-state index >= 15 is 0 Å². The molecule has 4 aliphatic rings. The lowest BCUT2D eigenvalue weighted by molar-refractivity contribution is 0.0827. The molecule has 0 heterocycles. The van der Waals surface area contributed by atoms with Gasteiger partial charge in [0.05, 0.1) is 0 Å². The average molecular weight is 284 g/mol. The average Bonchev–Trinajstić information content (AvgIpc) is 2.83. The number of hydrogen-bond acceptors (Lipinski definition) is 0. The van der Waals surface area contributed by atoms with Crippen molar-refractivity contribution in [3.05, 3.63) is 23.3 Å². The lowest BCUT2D eigenvalue weighted by Gasteiger charge is -2.53. The molecule has 0 spiro atoms. The molecule has 0 N–H and O–H groups in total. The van der Waals surface area contributed by atoms with Crippen LogP contribution in [0, 0.1) is 28.6 Å². The Morgan fingerprint density at radius 3 is 2.81 bits per heavy atom. The lowest BCUT2D eigenvalue weighted by atomic mass is 9.51. The summed E-state index contributed by atoms with van der Waals surface area (Å²) >= 11 is 0. The van der Waals surface area contributed by atoms with E-state index in [2.05, 4.69) is 32.9 Å². The first kappa shape index (κ1) is 14.1. The molecule has 0 aliphatic heterocycles. The Balaban J connectivity index is 1.74. The molecule has 0 aromatic rings. The Labute approximate surface area is 131 Å². The molecule has 0 saturated heterocycles. The van der Waals surface area contributed by atoms with Crippen LogP contribution in [-0.2, 0) is 0 Å². The van der Waals surface area contributed by atoms with E-state index in [1.54, 1.807) is 5.57 Å². The van der Waals surface area contributed by atoms with Crippen molar-refractivity contribution in [2.24, 2.45) is 28.6 Å². The maximum Gasteiger partial charge on any atom is 0.00952 e. The molecule has 0 aromatic heterocycles. The molecule has 4 rings (SSSR count). The predicted molar refractivity (Wildman–Crippen MR) is 90.1 cm³/mol. The Morgan fingerprint density at radius 2 is 2.00 bits per heavy atom. The van der Waals surface area contributed by atoms with Crippen molar-refractivity contribution in [2.45, 2.75) is 78.6 Å². The number of fused-ring (bicyclic) bond motifs is 5. The summed E-state index contributed by atoms with van der Waals surface area (Å²) in [7, 11) is 0. The Kier molecular flexibility index (Phi) is 3.18. The summed E-state index contributed by atoms with van der Waals surface area (Å²) in [5.74, 6) is 2.89. The van der Waals surface area contributed by atoms with Gasteiger partial charge < -0.3 is 0 Å². The summed E-state index contributed by atoms with van der Waals surface area (Å²) in [6.07, 6.45) is 18.1. The highest BCUT2D eigenvalue weighted by atomic mass is 14.6. The summed E-state index contributed by atoms with van der Waals surface area (Å²) < 4.78 is 0. The van der Waals surface area contributed by atoms with Gasteiger partial charge in [-0.2, -0.15) is 0 Å². The molecule has 0 aromatic carbocycles. The summed E-state index contributed by atoms with van der Waals surface area (Å²) in [5, 5.41) is 0. The molecule has 2 saturated carbocycles. The van der Waals surface area contributed by atoms with Crippen LogP contribution in [0.2, 0.25) is 0 Å². The van der Waals surface area contributed by atoms with Gasteiger partial charge in [-0.15, -0.1) is 0 Å². The fourth-order valence-corrected chi connectivity index (χ4v) is 6.82. The monoisotopic (exact) mass is 284 g/mol. The molecule has 4 aliphatic carbocycles. The maximum atomic E-state index is 2.73. The van der Waals surface area contributed by atoms with Crippen LogP contribution in [0.4, 0.5) is 0 Å². The highest BCUT2D eigenvalue weighted by molar-refractivity contribution is 5.38. The van der Waals surface area contributed by atoms with E-state index in [-0.39, 0.29) is 0 Å². The SMILES string of the molecule is CCC1CCC2C3CCC4=CCCCC4(C)C3=CCC12C. The zero-order valence-corrected chi connectivity index (χ0v) is 14.3. The van der Waals surface area contributed by atoms with Gasteiger partial charge in [-0.05, 0) is 74.5 Å². The molecule has 0 nitrogen and oxygen atoms in total. The number of allylic oxidation sites excluding steroid dienone is 4. The Morgan fingerprint density at radius 1 is 1.14 bits per heavy atom. The van der Waals surface area contributed by atoms with Crippen LogP contribution in [0.5, 0.6) is 0 Å². The highest BCUT2D eigenvalue weighted by Gasteiger charge is 2.54. The topological polar surface area (TPSA) is 0 Å². The van der Waals surface area contributed by atoms with Crippen molar-refractivity contribution in [2.75, 3.05) is 0 Å². The van der Waals surface area contributed by atoms with Crippen molar-refractivity contribution in [1.82, 2.24) is 0 Å². The van der Waals surface area contributed by atoms with E-state index < -0.39 is 0 Å². The molecule has 0 radical (unpaired) electrons. The predicted octanol–water partition coefficient (Wildman–Crippen LogP) is 6.29. The van der Waals surface area contributed by atoms with Gasteiger partial charge in [0.2, 0.25) is 0 Å². The summed E-state index contributed by atoms with van der Waals surface area (Å²) in [4.78, 5) is 0. The maximum absolute atomic E-state index is 2.73. The first-order valence-electron chi connectivity index (χ1n) is 9.49. The molecule has 0 amide bonds. The minimum absolute atomic E-state index is 0.451. The quantitative estimate of drug-likeness (QED) is 0.497. The third-order valence-electron chi connectivity index (χ3n) is 8.09. The molecular weight excluding hydrogens is 252 g/mol. The van der Waals surface area contributed by atoms with Gasteiger partial charge >= 0.3 is 0 Å². The van der Waals surface area contributed by atoms with Gasteiger partial charge in [0.1, 0.15) is 0 Å². The highest BCUT2D eigenvalue weighted by Crippen LogP contribution is 2.64. The van der Waals surface area contributed by atoms with Crippen molar-refractivity contribution in [1.29, 1.82) is 0 Å². The van der Waals surface area contributed by atoms with E-state index in [9.17, 15) is 0 Å². The second-order valence-corrected chi connectivity index (χ2v) is 8.76. The van der Waals surface area contributed by atoms with Crippen LogP contribution in [0.25, 0.3) is 0 Å². The van der Waals surface area contributed by atoms with Crippen molar-refractivity contribution in [3.8, 4) is 0 Å². The van der Waals surface area contributed by atoms with E-state index in [0.717, 1.165) is 17.8 Å². The van der Waals surface area contributed by atoms with Crippen LogP contribution < -0.4 is 0 Å². The molecule has 116 valence electrons. The van der Waals surface area contributed by atoms with Crippen molar-refractivity contribution >= 4 is 0 Å². The third kappa shape index (κ3) is 1.80. The minimum Gasteiger partial charge on any atom is -0.0845 e. The van der Waals surface area contributed by atoms with Crippen LogP contribution in [0.15, 0.2) is 23.3 Å². The minimum atomic E-state index is 0.451. The van der Waals surface area contributed by atoms with Crippen LogP contribution in [0.1, 0.15) is 78.6 Å². The molecule has 0 heteroatoms. The standard InChI is InChI=1S/C21H32/c1-4-15-9-11-18-17-10-8-16-7-5-6-13-20(16,2)19(17)12-14-21(15,18)3/h7,12,15,17-18H,4-6,8-11,13-14H2,1-3H3. The van der Waals surface area contributed by atoms with Gasteiger partial charge in [0.25, 0.3) is 0 Å². The second-order valence-electron chi connectivity index (χ2n) is 8.76. The molecule has 2 fully saturated rings. The molecule has 5 unspecified atom stereocenters. The van der Waals surface area contributed by atoms with Gasteiger partial charge in [-0.1, -0.05) is 50.5 Å². The molecular formula is C21H32. The summed E-state index contributed by atoms with van der Waals surface area (Å²) in [6.45, 7) is 7.62. The first-order chi connectivity index (χ1) is 10.1. The lowest BCUT2D eigenvalue weighted by Crippen LogP contribution is -2.43. The molecule has 0 bridgehead atoms. The summed E-state index contributed by atoms with van der Waals surface area (Å²) in [6, 6.07) is 0. The Bertz CT molecular complexity index is 496. The van der Waals surface area contributed by atoms with Gasteiger partial charge in [-0.3, -0.25) is 0 Å². The van der Waals surface area contributed by atoms with Crippen molar-refractivity contribution < 1.29 is 0 Å². The van der Waals surface area contributed by atoms with Gasteiger partial charge in [0.15, 0.2) is 0 Å². The summed E-state index contributed by atoms with van der Waals surface area (Å²) in [5.41, 5.74) is 4.74. The van der Waals surface area contributed by atoms with E-state index in [0.29, 0.717) is 10.8 Å². The second kappa shape index (κ2) is 4.74. The fourth-order valence-electron chi connectivity index (χ4n) is 6.82. The van der Waals surface area contributed by atoms with Crippen molar-refractivity contribution in [3.63, 3.8) is 0 Å². The largest absolute Gasteiger partial charge is 0.0845 e. The zero-order chi connectivity index (χ0) is 14.7. The molecule has 5 atom stereocenters. The fraction of sp³-hybridized carbons (Fsp3) is 0.810. The van der Waals surface area contributed by atoms with Gasteiger partial charge in [-0.25, -0.2) is 0 Å². The smallest absolute Gasteiger partial charge is 0.00952 e. The molecule has 21 heavy (non-hydrogen) atoms. The van der Waals surface area contributed by atoms with Crippen LogP contribution in [0.3, 0.4) is 0 Å². The van der Waals surface area contributed by atoms with Crippen LogP contribution >= 0.6 is 0 Å². The first-order valence-corrected chi connectivity index (χ1v) is 9.49. The third-order valence-corrected chi connectivity index (χ3v) is 8.09. The van der Waals surface area contributed by atoms with Crippen LogP contribution in [-0.4, -0.2) is 0 Å². The van der Waals surface area contributed by atoms with E-state index in [1.807, 2.05) is 5.57 Å². The van der Waals surface area contributed by atoms with Gasteiger partial charge in [0, 0.05) is 5.41 Å². The van der Waals surface area contributed by atoms with E-state index in [1.165, 1.54) is 57.8 Å². The Hall–Kier alpha value is -0.520. The number of hydrogen-bond donors (Lipinski definition) is 0. The zero-order valence-electron chi connectivity index (χ0n) is 14.3. The van der Waals surface area contributed by atoms with E-state index in [4.69, 9.17) is 0 Å². The number of rotatable bonds is 1.